The first-order valence-electron chi connectivity index (χ1n) is 7.47. The molecule has 0 spiro atoms. The molecule has 5 amide bonds. The van der Waals surface area contributed by atoms with Crippen molar-refractivity contribution in [2.24, 2.45) is 17.5 Å². The molecule has 0 aromatic heterocycles. The monoisotopic (exact) mass is 389 g/mol. The third-order valence-electron chi connectivity index (χ3n) is 3.22. The van der Waals surface area contributed by atoms with Crippen molar-refractivity contribution in [3.63, 3.8) is 0 Å². The van der Waals surface area contributed by atoms with Gasteiger partial charge in [0.05, 0.1) is 0 Å². The second-order valence-electron chi connectivity index (χ2n) is 5.10. The zero-order chi connectivity index (χ0) is 21.0. The highest BCUT2D eigenvalue weighted by Gasteiger charge is 2.27. The van der Waals surface area contributed by atoms with Crippen LogP contribution in [0.2, 0.25) is 0 Å². The van der Waals surface area contributed by atoms with Gasteiger partial charge in [-0.25, -0.2) is 17.5 Å². The second-order valence-corrected chi connectivity index (χ2v) is 5.10. The van der Waals surface area contributed by atoms with Crippen LogP contribution in [-0.2, 0) is 28.8 Å². The van der Waals surface area contributed by atoms with Crippen LogP contribution in [0.5, 0.6) is 0 Å². The number of aliphatic carboxylic acids is 1. The lowest BCUT2D eigenvalue weighted by Gasteiger charge is -2.22. The minimum Gasteiger partial charge on any atom is -0.540 e. The van der Waals surface area contributed by atoms with Crippen LogP contribution in [0, 0.1) is 0 Å². The maximum atomic E-state index is 12.3. The number of carboxylic acid groups (broad SMARTS) is 1. The maximum absolute atomic E-state index is 12.3. The molecule has 0 heterocycles. The number of carbonyl (C=O) groups excluding carboxylic acids is 6. The number of hydrogen-bond donors (Lipinski definition) is 8. The van der Waals surface area contributed by atoms with Gasteiger partial charge in [-0.2, -0.15) is 0 Å². The molecule has 15 heteroatoms. The van der Waals surface area contributed by atoms with Crippen molar-refractivity contribution in [3.8, 4) is 0 Å². The molecular formula is C12H21N8O7-. The van der Waals surface area contributed by atoms with E-state index in [4.69, 9.17) is 17.5 Å². The molecule has 2 atom stereocenters. The minimum atomic E-state index is -2.10. The highest BCUT2D eigenvalue weighted by molar-refractivity contribution is 6.31. The lowest BCUT2D eigenvalue weighted by atomic mass is 10.1. The first kappa shape index (κ1) is 23.7. The molecule has 152 valence electrons. The molecule has 15 nitrogen and oxygen atoms in total. The normalized spacial score (nSPS) is 12.1. The quantitative estimate of drug-likeness (QED) is 0.0757. The molecule has 0 aliphatic rings. The Labute approximate surface area is 152 Å². The van der Waals surface area contributed by atoms with Crippen molar-refractivity contribution in [2.75, 3.05) is 0 Å². The number of amides is 5. The topological polar surface area (TPSA) is 264 Å². The molecule has 0 aliphatic carbocycles. The minimum absolute atomic E-state index is 0.206. The van der Waals surface area contributed by atoms with Crippen LogP contribution >= 0.6 is 0 Å². The fraction of sp³-hybridized carbons (Fsp3) is 0.500. The summed E-state index contributed by atoms with van der Waals surface area (Å²) in [4.78, 5) is 68.2. The predicted molar refractivity (Wildman–Crippen MR) is 84.3 cm³/mol. The Morgan fingerprint density at radius 2 is 1.15 bits per heavy atom. The Hall–Kier alpha value is -3.30. The highest BCUT2D eigenvalue weighted by Crippen LogP contribution is 2.03. The standard InChI is InChI=1S/C12H22N8O7/c13-18-7(21)3-1-5(17-11(25)12(26)27)9(23)16-6(10(24)20-15)2-4-8(22)19-14/h5-6H,1-4,13-15H2,(H,16,23)(H,17,25)(H,18,21)(H,19,22)(H,20,24)(H,26,27)/p-1/t5-,6-/m0/s1. The number of nitrogens with two attached hydrogens (primary N) is 3. The smallest absolute Gasteiger partial charge is 0.267 e. The number of carboxylic acids is 1. The summed E-state index contributed by atoms with van der Waals surface area (Å²) in [5, 5.41) is 14.6. The van der Waals surface area contributed by atoms with E-state index in [0.717, 1.165) is 0 Å². The molecular weight excluding hydrogens is 368 g/mol. The van der Waals surface area contributed by atoms with E-state index in [9.17, 15) is 33.9 Å². The molecule has 0 bridgehead atoms. The lowest BCUT2D eigenvalue weighted by molar-refractivity contribution is -0.300. The zero-order valence-corrected chi connectivity index (χ0v) is 14.1. The molecule has 27 heavy (non-hydrogen) atoms. The van der Waals surface area contributed by atoms with Crippen molar-refractivity contribution in [2.45, 2.75) is 37.8 Å². The van der Waals surface area contributed by atoms with E-state index >= 15 is 0 Å². The number of carbonyl (C=O) groups is 6. The first-order valence-corrected chi connectivity index (χ1v) is 7.47. The largest absolute Gasteiger partial charge is 0.540 e. The van der Waals surface area contributed by atoms with E-state index in [1.807, 2.05) is 10.7 Å². The van der Waals surface area contributed by atoms with Crippen LogP contribution in [0.1, 0.15) is 25.7 Å². The van der Waals surface area contributed by atoms with Gasteiger partial charge in [0.1, 0.15) is 18.1 Å². The Bertz CT molecular complexity index is 596. The van der Waals surface area contributed by atoms with Crippen LogP contribution in [0.4, 0.5) is 0 Å². The molecule has 0 saturated carbocycles. The predicted octanol–water partition coefficient (Wildman–Crippen LogP) is -6.76. The van der Waals surface area contributed by atoms with Crippen molar-refractivity contribution < 1.29 is 33.9 Å². The fourth-order valence-corrected chi connectivity index (χ4v) is 1.82. The Balaban J connectivity index is 5.17. The van der Waals surface area contributed by atoms with E-state index in [0.29, 0.717) is 0 Å². The van der Waals surface area contributed by atoms with Gasteiger partial charge in [-0.1, -0.05) is 0 Å². The zero-order valence-electron chi connectivity index (χ0n) is 14.1. The summed E-state index contributed by atoms with van der Waals surface area (Å²) >= 11 is 0. The Morgan fingerprint density at radius 3 is 1.52 bits per heavy atom. The SMILES string of the molecule is NNC(=O)CC[C@H](NC(=O)C(=O)[O-])C(=O)N[C@@H](CCC(=O)NN)C(=O)NN. The summed E-state index contributed by atoms with van der Waals surface area (Å²) in [7, 11) is 0. The van der Waals surface area contributed by atoms with Crippen LogP contribution < -0.4 is 49.5 Å². The average molecular weight is 389 g/mol. The molecule has 0 unspecified atom stereocenters. The number of hydrazine groups is 3. The van der Waals surface area contributed by atoms with Gasteiger partial charge < -0.3 is 20.5 Å². The Kier molecular flexibility index (Phi) is 10.6. The number of rotatable bonds is 10. The third kappa shape index (κ3) is 9.10. The first-order chi connectivity index (χ1) is 12.7. The van der Waals surface area contributed by atoms with E-state index in [2.05, 4.69) is 5.32 Å². The van der Waals surface area contributed by atoms with Gasteiger partial charge >= 0.3 is 0 Å². The fourth-order valence-electron chi connectivity index (χ4n) is 1.82. The Morgan fingerprint density at radius 1 is 0.704 bits per heavy atom. The maximum Gasteiger partial charge on any atom is 0.267 e. The summed E-state index contributed by atoms with van der Waals surface area (Å²) in [6.45, 7) is 0. The lowest BCUT2D eigenvalue weighted by Crippen LogP contribution is -2.56. The molecule has 0 aliphatic heterocycles. The van der Waals surface area contributed by atoms with Gasteiger partial charge in [-0.15, -0.1) is 0 Å². The number of hydrogen-bond acceptors (Lipinski definition) is 10. The summed E-state index contributed by atoms with van der Waals surface area (Å²) < 4.78 is 0. The van der Waals surface area contributed by atoms with Gasteiger partial charge in [0, 0.05) is 12.8 Å². The van der Waals surface area contributed by atoms with Crippen molar-refractivity contribution in [3.05, 3.63) is 0 Å². The second kappa shape index (κ2) is 12.1. The molecule has 0 rings (SSSR count). The van der Waals surface area contributed by atoms with Gasteiger partial charge in [-0.3, -0.25) is 40.3 Å². The van der Waals surface area contributed by atoms with Crippen molar-refractivity contribution in [1.29, 1.82) is 0 Å². The van der Waals surface area contributed by atoms with Gasteiger partial charge in [0.2, 0.25) is 17.7 Å². The molecule has 0 saturated heterocycles. The molecule has 11 N–H and O–H groups in total. The van der Waals surface area contributed by atoms with Crippen molar-refractivity contribution >= 4 is 35.5 Å². The van der Waals surface area contributed by atoms with E-state index in [1.165, 1.54) is 0 Å². The molecule has 0 aromatic rings. The van der Waals surface area contributed by atoms with E-state index in [1.54, 1.807) is 10.9 Å². The van der Waals surface area contributed by atoms with Crippen LogP contribution in [0.15, 0.2) is 0 Å². The summed E-state index contributed by atoms with van der Waals surface area (Å²) in [5.74, 6) is 7.92. The van der Waals surface area contributed by atoms with Gasteiger partial charge in [-0.05, 0) is 12.8 Å². The average Bonchev–Trinajstić information content (AvgIpc) is 2.66. The van der Waals surface area contributed by atoms with Crippen LogP contribution in [-0.4, -0.2) is 47.6 Å². The van der Waals surface area contributed by atoms with E-state index in [-0.39, 0.29) is 25.7 Å². The van der Waals surface area contributed by atoms with Gasteiger partial charge in [0.25, 0.3) is 11.8 Å². The summed E-state index contributed by atoms with van der Waals surface area (Å²) in [6, 6.07) is -2.81. The van der Waals surface area contributed by atoms with Crippen molar-refractivity contribution in [1.82, 2.24) is 26.9 Å². The summed E-state index contributed by atoms with van der Waals surface area (Å²) in [5.41, 5.74) is 5.41. The third-order valence-corrected chi connectivity index (χ3v) is 3.22. The van der Waals surface area contributed by atoms with E-state index < -0.39 is 47.6 Å². The molecule has 0 aromatic carbocycles. The van der Waals surface area contributed by atoms with Crippen LogP contribution in [0.3, 0.4) is 0 Å². The highest BCUT2D eigenvalue weighted by atomic mass is 16.4. The summed E-state index contributed by atoms with van der Waals surface area (Å²) in [6.07, 6.45) is -1.14. The van der Waals surface area contributed by atoms with Gasteiger partial charge in [0.15, 0.2) is 0 Å². The van der Waals surface area contributed by atoms with Crippen LogP contribution in [0.25, 0.3) is 0 Å². The molecule has 0 radical (unpaired) electrons. The number of nitrogens with one attached hydrogen (secondary N) is 5. The molecule has 0 fully saturated rings.